The number of nitrogens with one attached hydrogen (secondary N) is 1. The van der Waals surface area contributed by atoms with Gasteiger partial charge in [0.25, 0.3) is 17.7 Å². The highest BCUT2D eigenvalue weighted by Gasteiger charge is 2.34. The molecule has 3 amide bonds. The lowest BCUT2D eigenvalue weighted by Crippen LogP contribution is -2.29. The standard InChI is InChI=1S/C21H15N3O3/c25-19(23-18-7-3-4-12-22-18)15-10-8-14(9-11-15)13-24-20(26)16-5-1-2-6-17(16)21(24)27/h1-12H,13H2,(H,22,23,25). The average Bonchev–Trinajstić information content (AvgIpc) is 2.94. The number of aromatic nitrogens is 1. The molecule has 1 aliphatic rings. The summed E-state index contributed by atoms with van der Waals surface area (Å²) in [4.78, 5) is 42.4. The summed E-state index contributed by atoms with van der Waals surface area (Å²) in [6.45, 7) is 0.161. The van der Waals surface area contributed by atoms with Crippen molar-refractivity contribution in [3.8, 4) is 0 Å². The number of hydrogen-bond acceptors (Lipinski definition) is 4. The first kappa shape index (κ1) is 16.7. The first-order valence-electron chi connectivity index (χ1n) is 8.40. The molecule has 1 N–H and O–H groups in total. The lowest BCUT2D eigenvalue weighted by Gasteiger charge is -2.14. The Balaban J connectivity index is 1.47. The fraction of sp³-hybridized carbons (Fsp3) is 0.0476. The van der Waals surface area contributed by atoms with Crippen LogP contribution in [-0.4, -0.2) is 27.6 Å². The SMILES string of the molecule is O=C(Nc1ccccn1)c1ccc(CN2C(=O)c3ccccc3C2=O)cc1. The number of fused-ring (bicyclic) bond motifs is 1. The topological polar surface area (TPSA) is 79.4 Å². The third kappa shape index (κ3) is 3.20. The molecule has 132 valence electrons. The number of amides is 3. The van der Waals surface area contributed by atoms with E-state index in [0.717, 1.165) is 5.56 Å². The van der Waals surface area contributed by atoms with Gasteiger partial charge in [-0.1, -0.05) is 30.3 Å². The molecule has 1 aromatic heterocycles. The zero-order chi connectivity index (χ0) is 18.8. The minimum atomic E-state index is -0.299. The van der Waals surface area contributed by atoms with Gasteiger partial charge in [0, 0.05) is 11.8 Å². The normalized spacial score (nSPS) is 12.8. The smallest absolute Gasteiger partial charge is 0.261 e. The molecule has 6 heteroatoms. The highest BCUT2D eigenvalue weighted by atomic mass is 16.2. The third-order valence-electron chi connectivity index (χ3n) is 4.34. The van der Waals surface area contributed by atoms with E-state index in [4.69, 9.17) is 0 Å². The lowest BCUT2D eigenvalue weighted by molar-refractivity contribution is 0.0642. The van der Waals surface area contributed by atoms with Crippen LogP contribution >= 0.6 is 0 Å². The van der Waals surface area contributed by atoms with Crippen molar-refractivity contribution in [2.45, 2.75) is 6.54 Å². The summed E-state index contributed by atoms with van der Waals surface area (Å²) in [7, 11) is 0. The van der Waals surface area contributed by atoms with E-state index in [0.29, 0.717) is 22.5 Å². The summed E-state index contributed by atoms with van der Waals surface area (Å²) in [6.07, 6.45) is 1.60. The fourth-order valence-corrected chi connectivity index (χ4v) is 2.95. The quantitative estimate of drug-likeness (QED) is 0.728. The second kappa shape index (κ2) is 6.84. The van der Waals surface area contributed by atoms with Crippen molar-refractivity contribution in [3.63, 3.8) is 0 Å². The monoisotopic (exact) mass is 357 g/mol. The Hall–Kier alpha value is -3.80. The van der Waals surface area contributed by atoms with Crippen LogP contribution in [0.5, 0.6) is 0 Å². The minimum Gasteiger partial charge on any atom is -0.307 e. The van der Waals surface area contributed by atoms with E-state index >= 15 is 0 Å². The van der Waals surface area contributed by atoms with Crippen LogP contribution in [0.4, 0.5) is 5.82 Å². The molecule has 2 heterocycles. The van der Waals surface area contributed by atoms with Gasteiger partial charge in [0.1, 0.15) is 5.82 Å². The van der Waals surface area contributed by atoms with E-state index in [1.54, 1.807) is 72.9 Å². The number of carbonyl (C=O) groups excluding carboxylic acids is 3. The molecule has 0 spiro atoms. The second-order valence-corrected chi connectivity index (χ2v) is 6.11. The number of imide groups is 1. The Morgan fingerprint density at radius 3 is 2.07 bits per heavy atom. The van der Waals surface area contributed by atoms with Crippen LogP contribution in [0.1, 0.15) is 36.6 Å². The molecule has 0 atom stereocenters. The van der Waals surface area contributed by atoms with Crippen LogP contribution in [0, 0.1) is 0 Å². The zero-order valence-electron chi connectivity index (χ0n) is 14.3. The van der Waals surface area contributed by atoms with Crippen LogP contribution in [0.15, 0.2) is 72.9 Å². The summed E-state index contributed by atoms with van der Waals surface area (Å²) in [6, 6.07) is 18.8. The number of rotatable bonds is 4. The maximum Gasteiger partial charge on any atom is 0.261 e. The Morgan fingerprint density at radius 1 is 0.852 bits per heavy atom. The van der Waals surface area contributed by atoms with Gasteiger partial charge in [-0.05, 0) is 42.0 Å². The molecule has 0 aliphatic carbocycles. The van der Waals surface area contributed by atoms with Crippen molar-refractivity contribution < 1.29 is 14.4 Å². The molecule has 0 saturated heterocycles. The molecule has 6 nitrogen and oxygen atoms in total. The first-order chi connectivity index (χ1) is 13.1. The van der Waals surface area contributed by atoms with Crippen LogP contribution in [0.25, 0.3) is 0 Å². The van der Waals surface area contributed by atoms with E-state index in [2.05, 4.69) is 10.3 Å². The molecule has 2 aromatic carbocycles. The molecule has 0 saturated carbocycles. The predicted molar refractivity (Wildman–Crippen MR) is 99.3 cm³/mol. The van der Waals surface area contributed by atoms with Crippen LogP contribution < -0.4 is 5.32 Å². The molecule has 1 aliphatic heterocycles. The van der Waals surface area contributed by atoms with Gasteiger partial charge >= 0.3 is 0 Å². The maximum absolute atomic E-state index is 12.4. The largest absolute Gasteiger partial charge is 0.307 e. The predicted octanol–water partition coefficient (Wildman–Crippen LogP) is 3.13. The number of nitrogens with zero attached hydrogens (tertiary/aromatic N) is 2. The Labute approximate surface area is 155 Å². The Morgan fingerprint density at radius 2 is 1.48 bits per heavy atom. The van der Waals surface area contributed by atoms with Gasteiger partial charge < -0.3 is 5.32 Å². The van der Waals surface area contributed by atoms with Crippen LogP contribution in [-0.2, 0) is 6.54 Å². The second-order valence-electron chi connectivity index (χ2n) is 6.11. The van der Waals surface area contributed by atoms with Crippen molar-refractivity contribution in [1.82, 2.24) is 9.88 Å². The van der Waals surface area contributed by atoms with E-state index in [-0.39, 0.29) is 24.3 Å². The number of carbonyl (C=O) groups is 3. The summed E-state index contributed by atoms with van der Waals surface area (Å²) in [5, 5.41) is 2.71. The molecule has 4 rings (SSSR count). The van der Waals surface area contributed by atoms with Gasteiger partial charge in [0.2, 0.25) is 0 Å². The molecule has 27 heavy (non-hydrogen) atoms. The molecule has 0 unspecified atom stereocenters. The fourth-order valence-electron chi connectivity index (χ4n) is 2.95. The molecular formula is C21H15N3O3. The average molecular weight is 357 g/mol. The highest BCUT2D eigenvalue weighted by molar-refractivity contribution is 6.21. The molecule has 0 fully saturated rings. The number of benzene rings is 2. The van der Waals surface area contributed by atoms with Crippen molar-refractivity contribution in [3.05, 3.63) is 95.2 Å². The van der Waals surface area contributed by atoms with E-state index in [9.17, 15) is 14.4 Å². The van der Waals surface area contributed by atoms with Crippen LogP contribution in [0.3, 0.4) is 0 Å². The van der Waals surface area contributed by atoms with Gasteiger partial charge in [-0.3, -0.25) is 19.3 Å². The lowest BCUT2D eigenvalue weighted by atomic mass is 10.1. The van der Waals surface area contributed by atoms with Crippen molar-refractivity contribution in [1.29, 1.82) is 0 Å². The zero-order valence-corrected chi connectivity index (χ0v) is 14.3. The van der Waals surface area contributed by atoms with Gasteiger partial charge in [-0.2, -0.15) is 0 Å². The van der Waals surface area contributed by atoms with Gasteiger partial charge in [-0.25, -0.2) is 4.98 Å². The molecular weight excluding hydrogens is 342 g/mol. The minimum absolute atomic E-state index is 0.161. The van der Waals surface area contributed by atoms with Gasteiger partial charge in [-0.15, -0.1) is 0 Å². The van der Waals surface area contributed by atoms with E-state index in [1.807, 2.05) is 0 Å². The van der Waals surface area contributed by atoms with Crippen molar-refractivity contribution in [2.75, 3.05) is 5.32 Å². The number of hydrogen-bond donors (Lipinski definition) is 1. The van der Waals surface area contributed by atoms with E-state index < -0.39 is 0 Å². The highest BCUT2D eigenvalue weighted by Crippen LogP contribution is 2.24. The Bertz CT molecular complexity index is 995. The van der Waals surface area contributed by atoms with Crippen molar-refractivity contribution in [2.24, 2.45) is 0 Å². The molecule has 0 radical (unpaired) electrons. The van der Waals surface area contributed by atoms with Crippen molar-refractivity contribution >= 4 is 23.5 Å². The van der Waals surface area contributed by atoms with Crippen LogP contribution in [0.2, 0.25) is 0 Å². The summed E-state index contributed by atoms with van der Waals surface area (Å²) in [5.74, 6) is -0.404. The number of anilines is 1. The summed E-state index contributed by atoms with van der Waals surface area (Å²) >= 11 is 0. The van der Waals surface area contributed by atoms with Gasteiger partial charge in [0.05, 0.1) is 17.7 Å². The summed E-state index contributed by atoms with van der Waals surface area (Å²) in [5.41, 5.74) is 2.08. The van der Waals surface area contributed by atoms with E-state index in [1.165, 1.54) is 4.90 Å². The Kier molecular flexibility index (Phi) is 4.22. The summed E-state index contributed by atoms with van der Waals surface area (Å²) < 4.78 is 0. The third-order valence-corrected chi connectivity index (χ3v) is 4.34. The molecule has 0 bridgehead atoms. The number of pyridine rings is 1. The van der Waals surface area contributed by atoms with Gasteiger partial charge in [0.15, 0.2) is 0 Å². The first-order valence-corrected chi connectivity index (χ1v) is 8.40. The molecule has 3 aromatic rings. The maximum atomic E-state index is 12.4.